The van der Waals surface area contributed by atoms with Gasteiger partial charge in [-0.25, -0.2) is 4.79 Å². The minimum Gasteiger partial charge on any atom is -0.494 e. The van der Waals surface area contributed by atoms with Crippen molar-refractivity contribution < 1.29 is 23.6 Å². The number of nitrogens with one attached hydrogen (secondary N) is 1. The van der Waals surface area contributed by atoms with Gasteiger partial charge in [0.1, 0.15) is 23.4 Å². The van der Waals surface area contributed by atoms with Crippen molar-refractivity contribution in [2.45, 2.75) is 110 Å². The number of likely N-dealkylation sites (tertiary alicyclic amines) is 1. The molecule has 0 bridgehead atoms. The first-order valence-corrected chi connectivity index (χ1v) is 15.9. The maximum Gasteiger partial charge on any atom is 0.408 e. The van der Waals surface area contributed by atoms with E-state index < -0.39 is 23.8 Å². The van der Waals surface area contributed by atoms with Crippen LogP contribution in [-0.2, 0) is 16.0 Å². The van der Waals surface area contributed by atoms with Crippen molar-refractivity contribution in [3.63, 3.8) is 0 Å². The molecule has 2 amide bonds. The predicted octanol–water partition coefficient (Wildman–Crippen LogP) is 5.53. The molecule has 3 heterocycles. The Labute approximate surface area is 261 Å². The topological polar surface area (TPSA) is 134 Å². The van der Waals surface area contributed by atoms with Crippen molar-refractivity contribution in [2.24, 2.45) is 5.92 Å². The number of anilines is 1. The third kappa shape index (κ3) is 9.10. The van der Waals surface area contributed by atoms with Gasteiger partial charge in [-0.2, -0.15) is 10.2 Å². The molecule has 0 saturated carbocycles. The summed E-state index contributed by atoms with van der Waals surface area (Å²) >= 11 is 0. The summed E-state index contributed by atoms with van der Waals surface area (Å²) in [5.74, 6) is 2.18. The summed E-state index contributed by atoms with van der Waals surface area (Å²) in [7, 11) is 0. The molecule has 2 aliphatic heterocycles. The number of ether oxygens (including phenoxy) is 2. The van der Waals surface area contributed by atoms with Gasteiger partial charge in [0.15, 0.2) is 5.82 Å². The lowest BCUT2D eigenvalue weighted by atomic mass is 9.92. The Morgan fingerprint density at radius 2 is 1.93 bits per heavy atom. The van der Waals surface area contributed by atoms with Gasteiger partial charge in [-0.3, -0.25) is 4.79 Å². The molecular formula is C33H48N6O5. The lowest BCUT2D eigenvalue weighted by Gasteiger charge is -2.30. The Morgan fingerprint density at radius 3 is 2.57 bits per heavy atom. The molecule has 0 unspecified atom stereocenters. The van der Waals surface area contributed by atoms with E-state index in [4.69, 9.17) is 14.0 Å². The number of benzene rings is 1. The van der Waals surface area contributed by atoms with Crippen LogP contribution in [0.5, 0.6) is 5.75 Å². The first-order valence-electron chi connectivity index (χ1n) is 15.9. The largest absolute Gasteiger partial charge is 0.494 e. The van der Waals surface area contributed by atoms with E-state index in [-0.39, 0.29) is 11.8 Å². The van der Waals surface area contributed by atoms with Crippen molar-refractivity contribution in [2.75, 3.05) is 31.1 Å². The van der Waals surface area contributed by atoms with Gasteiger partial charge in [0.25, 0.3) is 0 Å². The van der Waals surface area contributed by atoms with Gasteiger partial charge in [0, 0.05) is 32.0 Å². The highest BCUT2D eigenvalue weighted by Crippen LogP contribution is 2.27. The molecule has 11 nitrogen and oxygen atoms in total. The molecular weight excluding hydrogens is 560 g/mol. The summed E-state index contributed by atoms with van der Waals surface area (Å²) in [6, 6.07) is 7.38. The van der Waals surface area contributed by atoms with Crippen LogP contribution in [0.25, 0.3) is 0 Å². The van der Waals surface area contributed by atoms with Gasteiger partial charge in [-0.15, -0.1) is 0 Å². The van der Waals surface area contributed by atoms with Gasteiger partial charge >= 0.3 is 12.1 Å². The number of aryl methyl sites for hydroxylation is 1. The summed E-state index contributed by atoms with van der Waals surface area (Å²) in [6.07, 6.45) is 5.31. The first-order chi connectivity index (χ1) is 20.9. The lowest BCUT2D eigenvalue weighted by Crippen LogP contribution is -2.51. The third-order valence-corrected chi connectivity index (χ3v) is 8.27. The van der Waals surface area contributed by atoms with Crippen molar-refractivity contribution in [3.05, 3.63) is 35.2 Å². The van der Waals surface area contributed by atoms with Crippen molar-refractivity contribution in [1.29, 1.82) is 5.26 Å². The molecule has 2 aromatic rings. The number of carbonyl (C=O) groups is 2. The predicted molar refractivity (Wildman–Crippen MR) is 166 cm³/mol. The van der Waals surface area contributed by atoms with Crippen LogP contribution in [-0.4, -0.2) is 71.0 Å². The molecule has 0 aliphatic carbocycles. The van der Waals surface area contributed by atoms with Gasteiger partial charge in [0.2, 0.25) is 5.91 Å². The number of aromatic nitrogens is 2. The van der Waals surface area contributed by atoms with E-state index in [0.29, 0.717) is 37.9 Å². The van der Waals surface area contributed by atoms with Gasteiger partial charge in [-0.1, -0.05) is 25.1 Å². The Bertz CT molecular complexity index is 1300. The maximum absolute atomic E-state index is 13.5. The molecule has 2 atom stereocenters. The summed E-state index contributed by atoms with van der Waals surface area (Å²) in [4.78, 5) is 34.4. The lowest BCUT2D eigenvalue weighted by molar-refractivity contribution is -0.133. The molecule has 240 valence electrons. The minimum absolute atomic E-state index is 0.255. The number of nitrogens with zero attached hydrogens (tertiary/aromatic N) is 5. The third-order valence-electron chi connectivity index (χ3n) is 8.27. The first kappa shape index (κ1) is 33.1. The molecule has 4 rings (SSSR count). The van der Waals surface area contributed by atoms with Crippen LogP contribution in [0, 0.1) is 24.2 Å². The molecule has 1 N–H and O–H groups in total. The average molecular weight is 609 g/mol. The van der Waals surface area contributed by atoms with Crippen LogP contribution in [0.15, 0.2) is 22.7 Å². The molecule has 1 aromatic carbocycles. The molecule has 1 aromatic heterocycles. The molecule has 0 spiro atoms. The van der Waals surface area contributed by atoms with Crippen molar-refractivity contribution in [1.82, 2.24) is 20.4 Å². The zero-order valence-electron chi connectivity index (χ0n) is 27.1. The van der Waals surface area contributed by atoms with Crippen LogP contribution in [0.3, 0.4) is 0 Å². The fourth-order valence-corrected chi connectivity index (χ4v) is 5.79. The van der Waals surface area contributed by atoms with Gasteiger partial charge < -0.3 is 29.1 Å². The number of alkyl carbamates (subject to hydrolysis) is 1. The fraction of sp³-hybridized carbons (Fsp3) is 0.667. The molecule has 2 fully saturated rings. The van der Waals surface area contributed by atoms with Crippen LogP contribution >= 0.6 is 0 Å². The summed E-state index contributed by atoms with van der Waals surface area (Å²) in [5.41, 5.74) is 1.20. The summed E-state index contributed by atoms with van der Waals surface area (Å²) in [5, 5.41) is 16.4. The Kier molecular flexibility index (Phi) is 11.1. The molecule has 2 aliphatic rings. The van der Waals surface area contributed by atoms with E-state index >= 15 is 0 Å². The zero-order chi connectivity index (χ0) is 31.9. The maximum atomic E-state index is 13.5. The highest BCUT2D eigenvalue weighted by atomic mass is 16.6. The zero-order valence-corrected chi connectivity index (χ0v) is 27.1. The van der Waals surface area contributed by atoms with Gasteiger partial charge in [0.05, 0.1) is 12.7 Å². The van der Waals surface area contributed by atoms with Crippen LogP contribution in [0.4, 0.5) is 10.8 Å². The quantitative estimate of drug-likeness (QED) is 0.327. The SMILES string of the molecule is Cc1cc(OCCCC2CCN(c3nc(C(C)C)no3)CC2)ccc1C[C@H](NC(=O)OC(C)(C)C)C(=O)N1CCC[C@H]1C#N. The van der Waals surface area contributed by atoms with E-state index in [1.807, 2.05) is 25.1 Å². The normalized spacial score (nSPS) is 18.3. The molecule has 11 heteroatoms. The second-order valence-electron chi connectivity index (χ2n) is 13.3. The number of carbonyl (C=O) groups excluding carboxylic acids is 2. The number of hydrogen-bond donors (Lipinski definition) is 1. The molecule has 44 heavy (non-hydrogen) atoms. The van der Waals surface area contributed by atoms with E-state index in [0.717, 1.165) is 67.9 Å². The second kappa shape index (κ2) is 14.8. The van der Waals surface area contributed by atoms with Gasteiger partial charge in [-0.05, 0) is 95.4 Å². The monoisotopic (exact) mass is 608 g/mol. The van der Waals surface area contributed by atoms with E-state index in [9.17, 15) is 14.9 Å². The molecule has 2 saturated heterocycles. The van der Waals surface area contributed by atoms with Crippen LogP contribution in [0.1, 0.15) is 96.0 Å². The number of piperidine rings is 1. The summed E-state index contributed by atoms with van der Waals surface area (Å²) in [6.45, 7) is 14.4. The Balaban J connectivity index is 1.27. The standard InChI is InChI=1S/C33H48N6O5/c1-22(2)29-36-31(44-37-29)38-16-13-24(14-17-38)9-8-18-42-27-12-11-25(23(3)19-27)20-28(35-32(41)43-33(4,5)6)30(40)39-15-7-10-26(39)21-34/h11-12,19,22,24,26,28H,7-10,13-18,20H2,1-6H3,(H,35,41)/t26-,28-/m0/s1. The van der Waals surface area contributed by atoms with Crippen LogP contribution < -0.4 is 15.0 Å². The fourth-order valence-electron chi connectivity index (χ4n) is 5.79. The van der Waals surface area contributed by atoms with E-state index in [2.05, 4.69) is 40.3 Å². The Hall–Kier alpha value is -3.81. The average Bonchev–Trinajstić information content (AvgIpc) is 3.66. The van der Waals surface area contributed by atoms with E-state index in [1.54, 1.807) is 25.7 Å². The Morgan fingerprint density at radius 1 is 1.18 bits per heavy atom. The summed E-state index contributed by atoms with van der Waals surface area (Å²) < 4.78 is 17.0. The van der Waals surface area contributed by atoms with Crippen molar-refractivity contribution in [3.8, 4) is 11.8 Å². The van der Waals surface area contributed by atoms with Crippen LogP contribution in [0.2, 0.25) is 0 Å². The number of nitriles is 1. The highest BCUT2D eigenvalue weighted by Gasteiger charge is 2.35. The molecule has 0 radical (unpaired) electrons. The smallest absolute Gasteiger partial charge is 0.408 e. The number of amides is 2. The minimum atomic E-state index is -0.840. The van der Waals surface area contributed by atoms with Crippen molar-refractivity contribution >= 4 is 18.0 Å². The second-order valence-corrected chi connectivity index (χ2v) is 13.3. The van der Waals surface area contributed by atoms with E-state index in [1.165, 1.54) is 0 Å². The number of rotatable bonds is 11. The highest BCUT2D eigenvalue weighted by molar-refractivity contribution is 5.86. The number of hydrogen-bond acceptors (Lipinski definition) is 9.